The van der Waals surface area contributed by atoms with Crippen molar-refractivity contribution < 1.29 is 28.5 Å². The minimum absolute atomic E-state index is 0.158. The van der Waals surface area contributed by atoms with Gasteiger partial charge in [0, 0.05) is 5.92 Å². The van der Waals surface area contributed by atoms with Crippen molar-refractivity contribution in [2.24, 2.45) is 17.8 Å². The van der Waals surface area contributed by atoms with E-state index in [-0.39, 0.29) is 17.7 Å². The number of hydrogen-bond acceptors (Lipinski definition) is 6. The Morgan fingerprint density at radius 1 is 0.943 bits per heavy atom. The first kappa shape index (κ1) is 22.6. The molecule has 0 bridgehead atoms. The van der Waals surface area contributed by atoms with E-state index in [2.05, 4.69) is 0 Å². The molecule has 7 nitrogen and oxygen atoms in total. The first-order valence-corrected chi connectivity index (χ1v) is 12.2. The van der Waals surface area contributed by atoms with Crippen LogP contribution in [0.1, 0.15) is 25.8 Å². The smallest absolute Gasteiger partial charge is 0.238 e. The van der Waals surface area contributed by atoms with E-state index < -0.39 is 42.2 Å². The molecule has 3 aliphatic heterocycles. The van der Waals surface area contributed by atoms with E-state index in [0.29, 0.717) is 18.7 Å². The summed E-state index contributed by atoms with van der Waals surface area (Å²) in [5.74, 6) is -2.41. The number of carbonyl (C=O) groups is 2. The Morgan fingerprint density at radius 3 is 2.40 bits per heavy atom. The molecule has 0 spiro atoms. The van der Waals surface area contributed by atoms with Gasteiger partial charge in [-0.05, 0) is 38.0 Å². The van der Waals surface area contributed by atoms with Crippen molar-refractivity contribution in [3.8, 4) is 0 Å². The summed E-state index contributed by atoms with van der Waals surface area (Å²) in [6.07, 6.45) is 2.57. The highest BCUT2D eigenvalue weighted by Crippen LogP contribution is 2.48. The molecular weight excluding hydrogens is 446 g/mol. The summed E-state index contributed by atoms with van der Waals surface area (Å²) in [7, 11) is 0. The first-order valence-electron chi connectivity index (χ1n) is 12.2. The fourth-order valence-electron chi connectivity index (χ4n) is 5.85. The maximum Gasteiger partial charge on any atom is 0.238 e. The van der Waals surface area contributed by atoms with Crippen molar-refractivity contribution in [3.05, 3.63) is 78.4 Å². The van der Waals surface area contributed by atoms with Crippen LogP contribution in [-0.4, -0.2) is 42.2 Å². The van der Waals surface area contributed by atoms with Crippen LogP contribution in [0.15, 0.2) is 72.8 Å². The molecule has 0 radical (unpaired) electrons. The third-order valence-electron chi connectivity index (χ3n) is 7.35. The van der Waals surface area contributed by atoms with Gasteiger partial charge in [-0.25, -0.2) is 0 Å². The Hall–Kier alpha value is -2.84. The second-order valence-electron chi connectivity index (χ2n) is 10.1. The standard InChI is InChI=1S/C28H29NO6/c1-28(2)34-24-23(32-16-17-10-5-3-6-11-17)22(33-27(24)35-28)19-14-9-15-20-21(19)26(31)29(25(20)30)18-12-7-4-8-13-18/h3-14,19-24,27H,15-16H2,1-2H3/t19-,20+,21-,22-,23+,24-,27-/m1/s1. The number of hydrogen-bond donors (Lipinski definition) is 0. The topological polar surface area (TPSA) is 74.3 Å². The summed E-state index contributed by atoms with van der Waals surface area (Å²) in [6, 6.07) is 19.0. The zero-order valence-electron chi connectivity index (χ0n) is 19.8. The lowest BCUT2D eigenvalue weighted by molar-refractivity contribution is -0.225. The van der Waals surface area contributed by atoms with Gasteiger partial charge in [0.2, 0.25) is 11.8 Å². The summed E-state index contributed by atoms with van der Waals surface area (Å²) in [4.78, 5) is 28.3. The maximum absolute atomic E-state index is 13.7. The zero-order valence-corrected chi connectivity index (χ0v) is 19.8. The fourth-order valence-corrected chi connectivity index (χ4v) is 5.85. The highest BCUT2D eigenvalue weighted by Gasteiger charge is 2.61. The summed E-state index contributed by atoms with van der Waals surface area (Å²) in [5.41, 5.74) is 1.64. The second-order valence-corrected chi connectivity index (χ2v) is 10.1. The van der Waals surface area contributed by atoms with Crippen molar-refractivity contribution in [2.75, 3.05) is 4.90 Å². The molecule has 3 heterocycles. The summed E-state index contributed by atoms with van der Waals surface area (Å²) >= 11 is 0. The van der Waals surface area contributed by atoms with Gasteiger partial charge in [-0.2, -0.15) is 0 Å². The van der Waals surface area contributed by atoms with E-state index in [1.54, 1.807) is 12.1 Å². The van der Waals surface area contributed by atoms with Gasteiger partial charge in [0.15, 0.2) is 12.1 Å². The summed E-state index contributed by atoms with van der Waals surface area (Å²) in [6.45, 7) is 4.09. The molecule has 35 heavy (non-hydrogen) atoms. The number of fused-ring (bicyclic) bond motifs is 2. The van der Waals surface area contributed by atoms with Crippen LogP contribution in [0.25, 0.3) is 0 Å². The molecule has 6 rings (SSSR count). The number of amides is 2. The minimum atomic E-state index is -0.789. The van der Waals surface area contributed by atoms with Crippen molar-refractivity contribution >= 4 is 17.5 Å². The van der Waals surface area contributed by atoms with Crippen molar-refractivity contribution in [3.63, 3.8) is 0 Å². The van der Waals surface area contributed by atoms with Gasteiger partial charge < -0.3 is 18.9 Å². The molecule has 0 N–H and O–H groups in total. The van der Waals surface area contributed by atoms with Crippen molar-refractivity contribution in [2.45, 2.75) is 57.3 Å². The normalized spacial score (nSPS) is 35.4. The average molecular weight is 476 g/mol. The van der Waals surface area contributed by atoms with Gasteiger partial charge in [0.25, 0.3) is 0 Å². The number of para-hydroxylation sites is 1. The Labute approximate surface area is 204 Å². The highest BCUT2D eigenvalue weighted by molar-refractivity contribution is 6.22. The van der Waals surface area contributed by atoms with Crippen molar-refractivity contribution in [1.82, 2.24) is 0 Å². The van der Waals surface area contributed by atoms with E-state index in [1.807, 2.05) is 74.5 Å². The van der Waals surface area contributed by atoms with Crippen LogP contribution >= 0.6 is 0 Å². The third kappa shape index (κ3) is 3.93. The van der Waals surface area contributed by atoms with Crippen LogP contribution < -0.4 is 4.90 Å². The number of nitrogens with zero attached hydrogens (tertiary/aromatic N) is 1. The molecule has 0 aromatic heterocycles. The summed E-state index contributed by atoms with van der Waals surface area (Å²) < 4.78 is 25.0. The molecule has 2 amide bonds. The van der Waals surface area contributed by atoms with E-state index in [4.69, 9.17) is 18.9 Å². The molecule has 1 aliphatic carbocycles. The molecular formula is C28H29NO6. The van der Waals surface area contributed by atoms with Crippen LogP contribution in [-0.2, 0) is 35.1 Å². The number of anilines is 1. The number of allylic oxidation sites excluding steroid dienone is 1. The van der Waals surface area contributed by atoms with Gasteiger partial charge in [-0.15, -0.1) is 0 Å². The molecule has 0 unspecified atom stereocenters. The van der Waals surface area contributed by atoms with E-state index >= 15 is 0 Å². The van der Waals surface area contributed by atoms with Crippen LogP contribution in [0.4, 0.5) is 5.69 Å². The van der Waals surface area contributed by atoms with E-state index in [0.717, 1.165) is 5.56 Å². The lowest BCUT2D eigenvalue weighted by Crippen LogP contribution is -2.45. The summed E-state index contributed by atoms with van der Waals surface area (Å²) in [5, 5.41) is 0. The minimum Gasteiger partial charge on any atom is -0.368 e. The number of carbonyl (C=O) groups excluding carboxylic acids is 2. The van der Waals surface area contributed by atoms with Crippen LogP contribution in [0.3, 0.4) is 0 Å². The molecule has 4 aliphatic rings. The molecule has 7 atom stereocenters. The zero-order chi connectivity index (χ0) is 24.2. The third-order valence-corrected chi connectivity index (χ3v) is 7.35. The van der Waals surface area contributed by atoms with Gasteiger partial charge >= 0.3 is 0 Å². The Balaban J connectivity index is 1.30. The Bertz CT molecular complexity index is 1130. The average Bonchev–Trinajstić information content (AvgIpc) is 3.44. The van der Waals surface area contributed by atoms with Gasteiger partial charge in [0.05, 0.1) is 30.2 Å². The van der Waals surface area contributed by atoms with Crippen molar-refractivity contribution in [1.29, 1.82) is 0 Å². The van der Waals surface area contributed by atoms with Crippen LogP contribution in [0.5, 0.6) is 0 Å². The number of rotatable bonds is 5. The number of imide groups is 1. The second kappa shape index (κ2) is 8.68. The van der Waals surface area contributed by atoms with Crippen LogP contribution in [0, 0.1) is 17.8 Å². The van der Waals surface area contributed by atoms with E-state index in [9.17, 15) is 9.59 Å². The number of benzene rings is 2. The molecule has 3 saturated heterocycles. The molecule has 2 aromatic carbocycles. The van der Waals surface area contributed by atoms with Gasteiger partial charge in [-0.3, -0.25) is 14.5 Å². The predicted molar refractivity (Wildman–Crippen MR) is 127 cm³/mol. The lowest BCUT2D eigenvalue weighted by atomic mass is 9.73. The largest absolute Gasteiger partial charge is 0.368 e. The SMILES string of the molecule is CC1(C)O[C@H]2O[C@H]([C@@H]3C=CC[C@@H]4C(=O)N(c5ccccc5)C(=O)[C@H]34)[C@H](OCc3ccccc3)[C@H]2O1. The van der Waals surface area contributed by atoms with Crippen LogP contribution in [0.2, 0.25) is 0 Å². The van der Waals surface area contributed by atoms with Gasteiger partial charge in [0.1, 0.15) is 12.2 Å². The van der Waals surface area contributed by atoms with Gasteiger partial charge in [-0.1, -0.05) is 60.7 Å². The fraction of sp³-hybridized carbons (Fsp3) is 0.429. The lowest BCUT2D eigenvalue weighted by Gasteiger charge is -2.34. The first-order chi connectivity index (χ1) is 16.9. The number of ether oxygens (including phenoxy) is 4. The molecule has 182 valence electrons. The maximum atomic E-state index is 13.7. The predicted octanol–water partition coefficient (Wildman–Crippen LogP) is 3.83. The molecule has 0 saturated carbocycles. The van der Waals surface area contributed by atoms with E-state index in [1.165, 1.54) is 4.90 Å². The Kier molecular flexibility index (Phi) is 5.60. The molecule has 3 fully saturated rings. The Morgan fingerprint density at radius 2 is 1.66 bits per heavy atom. The quantitative estimate of drug-likeness (QED) is 0.483. The highest BCUT2D eigenvalue weighted by atomic mass is 16.8. The molecule has 7 heteroatoms. The molecule has 2 aromatic rings. The monoisotopic (exact) mass is 475 g/mol.